The fourth-order valence-electron chi connectivity index (χ4n) is 1.35. The van der Waals surface area contributed by atoms with Gasteiger partial charge in [-0.2, -0.15) is 0 Å². The second-order valence-electron chi connectivity index (χ2n) is 3.64. The molecule has 8 nitrogen and oxygen atoms in total. The van der Waals surface area contributed by atoms with Crippen LogP contribution in [0.25, 0.3) is 0 Å². The van der Waals surface area contributed by atoms with Gasteiger partial charge in [0.2, 0.25) is 0 Å². The summed E-state index contributed by atoms with van der Waals surface area (Å²) in [6.07, 6.45) is 0.605. The van der Waals surface area contributed by atoms with Crippen LogP contribution in [0.1, 0.15) is 12.5 Å². The minimum Gasteiger partial charge on any atom is -0.427 e. The second-order valence-corrected chi connectivity index (χ2v) is 3.64. The summed E-state index contributed by atoms with van der Waals surface area (Å²) in [5.74, 6) is -0.140. The quantitative estimate of drug-likeness (QED) is 0.197. The van der Waals surface area contributed by atoms with Crippen molar-refractivity contribution in [3.8, 4) is 5.75 Å². The predicted molar refractivity (Wildman–Crippen MR) is 68.1 cm³/mol. The minimum atomic E-state index is -0.865. The molecule has 0 radical (unpaired) electrons. The van der Waals surface area contributed by atoms with Gasteiger partial charge in [-0.1, -0.05) is 12.1 Å². The highest BCUT2D eigenvalue weighted by Crippen LogP contribution is 2.12. The zero-order chi connectivity index (χ0) is 14.3. The van der Waals surface area contributed by atoms with Crippen LogP contribution in [0.2, 0.25) is 0 Å². The van der Waals surface area contributed by atoms with E-state index >= 15 is 0 Å². The maximum Gasteiger partial charge on any atom is 0.308 e. The summed E-state index contributed by atoms with van der Waals surface area (Å²) in [5, 5.41) is 14.7. The first-order valence-electron chi connectivity index (χ1n) is 5.47. The van der Waals surface area contributed by atoms with Crippen LogP contribution in [0.4, 0.5) is 0 Å². The van der Waals surface area contributed by atoms with E-state index in [9.17, 15) is 14.9 Å². The molecule has 8 heteroatoms. The summed E-state index contributed by atoms with van der Waals surface area (Å²) in [4.78, 5) is 20.7. The third-order valence-electron chi connectivity index (χ3n) is 2.09. The third kappa shape index (κ3) is 6.01. The number of esters is 1. The lowest BCUT2D eigenvalue weighted by atomic mass is 10.1. The molecule has 3 N–H and O–H groups in total. The van der Waals surface area contributed by atoms with E-state index in [-0.39, 0.29) is 11.9 Å². The average molecular weight is 266 g/mol. The molecule has 0 saturated carbocycles. The van der Waals surface area contributed by atoms with E-state index in [2.05, 4.69) is 10.4 Å². The second kappa shape index (κ2) is 6.94. The molecule has 1 rings (SSSR count). The number of hydrogen-bond donors (Lipinski definition) is 2. The van der Waals surface area contributed by atoms with Gasteiger partial charge in [0, 0.05) is 13.5 Å². The Hall–Kier alpha value is -2.64. The first kappa shape index (κ1) is 14.4. The molecular formula is C11H14N4O4. The van der Waals surface area contributed by atoms with Crippen molar-refractivity contribution < 1.29 is 14.6 Å². The number of nitrogens with one attached hydrogen (secondary N) is 1. The number of guanidine groups is 1. The Morgan fingerprint density at radius 2 is 2.11 bits per heavy atom. The number of ether oxygens (including phenoxy) is 1. The monoisotopic (exact) mass is 266 g/mol. The standard InChI is InChI=1S/C11H14N4O4/c1-8(16)19-10-4-2-9(3-5-10)6-7-13-11(12)14-15(17)18/h2-5H,6-7H2,1H3,(H3,12,13,14). The molecular weight excluding hydrogens is 252 g/mol. The molecule has 0 aromatic heterocycles. The highest BCUT2D eigenvalue weighted by Gasteiger charge is 2.00. The van der Waals surface area contributed by atoms with Crippen molar-refractivity contribution in [2.75, 3.05) is 6.54 Å². The summed E-state index contributed by atoms with van der Waals surface area (Å²) in [7, 11) is 0. The van der Waals surface area contributed by atoms with Crippen molar-refractivity contribution >= 4 is 11.9 Å². The van der Waals surface area contributed by atoms with Crippen LogP contribution < -0.4 is 15.8 Å². The molecule has 0 unspecified atom stereocenters. The van der Waals surface area contributed by atoms with Gasteiger partial charge >= 0.3 is 5.97 Å². The van der Waals surface area contributed by atoms with Crippen molar-refractivity contribution in [1.29, 1.82) is 0 Å². The van der Waals surface area contributed by atoms with Gasteiger partial charge in [0.05, 0.1) is 0 Å². The Morgan fingerprint density at radius 3 is 2.63 bits per heavy atom. The Morgan fingerprint density at radius 1 is 1.47 bits per heavy atom. The van der Waals surface area contributed by atoms with Crippen LogP contribution in [-0.2, 0) is 11.2 Å². The van der Waals surface area contributed by atoms with E-state index in [1.807, 2.05) is 0 Å². The largest absolute Gasteiger partial charge is 0.427 e. The third-order valence-corrected chi connectivity index (χ3v) is 2.09. The Bertz CT molecular complexity index is 484. The molecule has 0 bridgehead atoms. The zero-order valence-electron chi connectivity index (χ0n) is 10.3. The molecule has 0 aliphatic rings. The van der Waals surface area contributed by atoms with Crippen molar-refractivity contribution in [2.45, 2.75) is 13.3 Å². The van der Waals surface area contributed by atoms with Crippen molar-refractivity contribution in [3.05, 3.63) is 39.9 Å². The maximum absolute atomic E-state index is 10.7. The number of carbonyl (C=O) groups excluding carboxylic acids is 1. The van der Waals surface area contributed by atoms with E-state index in [0.717, 1.165) is 5.56 Å². The summed E-state index contributed by atoms with van der Waals surface area (Å²) in [6.45, 7) is 1.74. The van der Waals surface area contributed by atoms with Crippen LogP contribution in [0, 0.1) is 10.1 Å². The highest BCUT2D eigenvalue weighted by molar-refractivity contribution is 5.77. The number of carbonyl (C=O) groups is 1. The number of nitro groups is 1. The molecule has 0 saturated heterocycles. The average Bonchev–Trinajstić information content (AvgIpc) is 2.29. The van der Waals surface area contributed by atoms with Gasteiger partial charge in [0.15, 0.2) is 5.03 Å². The Balaban J connectivity index is 2.42. The van der Waals surface area contributed by atoms with E-state index in [0.29, 0.717) is 18.7 Å². The summed E-state index contributed by atoms with van der Waals surface area (Å²) in [5.41, 5.74) is 6.23. The van der Waals surface area contributed by atoms with Gasteiger partial charge in [-0.05, 0) is 24.1 Å². The molecule has 102 valence electrons. The van der Waals surface area contributed by atoms with Crippen LogP contribution in [0.3, 0.4) is 0 Å². The maximum atomic E-state index is 10.7. The van der Waals surface area contributed by atoms with E-state index < -0.39 is 5.03 Å². The van der Waals surface area contributed by atoms with Crippen LogP contribution >= 0.6 is 0 Å². The molecule has 0 amide bonds. The zero-order valence-corrected chi connectivity index (χ0v) is 10.3. The predicted octanol–water partition coefficient (Wildman–Crippen LogP) is 0.250. The number of benzene rings is 1. The van der Waals surface area contributed by atoms with E-state index in [4.69, 9.17) is 10.5 Å². The normalized spacial score (nSPS) is 10.9. The van der Waals surface area contributed by atoms with E-state index in [1.165, 1.54) is 6.92 Å². The number of nitrogens with zero attached hydrogens (tertiary/aromatic N) is 2. The van der Waals surface area contributed by atoms with Gasteiger partial charge in [0.25, 0.3) is 5.96 Å². The van der Waals surface area contributed by atoms with Gasteiger partial charge in [-0.15, -0.1) is 0 Å². The number of nitrogens with two attached hydrogens (primary N) is 1. The highest BCUT2D eigenvalue weighted by atomic mass is 16.7. The topological polar surface area (TPSA) is 120 Å². The summed E-state index contributed by atoms with van der Waals surface area (Å²) >= 11 is 0. The smallest absolute Gasteiger partial charge is 0.308 e. The van der Waals surface area contributed by atoms with Crippen LogP contribution in [0.15, 0.2) is 29.4 Å². The van der Waals surface area contributed by atoms with Gasteiger partial charge in [0.1, 0.15) is 10.9 Å². The summed E-state index contributed by atoms with van der Waals surface area (Å²) in [6, 6.07) is 6.93. The van der Waals surface area contributed by atoms with Crippen LogP contribution in [0.5, 0.6) is 5.75 Å². The van der Waals surface area contributed by atoms with Crippen molar-refractivity contribution in [2.24, 2.45) is 10.8 Å². The number of rotatable bonds is 5. The molecule has 0 fully saturated rings. The lowest BCUT2D eigenvalue weighted by Gasteiger charge is -2.05. The van der Waals surface area contributed by atoms with Crippen molar-refractivity contribution in [3.63, 3.8) is 0 Å². The first-order valence-corrected chi connectivity index (χ1v) is 5.47. The number of hydrazone groups is 1. The lowest BCUT2D eigenvalue weighted by molar-refractivity contribution is -0.485. The molecule has 0 aliphatic heterocycles. The molecule has 0 spiro atoms. The molecule has 0 aliphatic carbocycles. The molecule has 1 aromatic carbocycles. The van der Waals surface area contributed by atoms with Gasteiger partial charge in [-0.3, -0.25) is 4.79 Å². The fourth-order valence-corrected chi connectivity index (χ4v) is 1.35. The van der Waals surface area contributed by atoms with Crippen LogP contribution in [-0.4, -0.2) is 23.5 Å². The van der Waals surface area contributed by atoms with Gasteiger partial charge in [-0.25, -0.2) is 10.1 Å². The molecule has 1 aromatic rings. The van der Waals surface area contributed by atoms with Gasteiger partial charge < -0.3 is 15.8 Å². The lowest BCUT2D eigenvalue weighted by Crippen LogP contribution is -2.33. The SMILES string of the molecule is CC(=O)Oc1ccc(CCNC(N)=N[N+](=O)[O-])cc1. The summed E-state index contributed by atoms with van der Waals surface area (Å²) < 4.78 is 4.89. The fraction of sp³-hybridized carbons (Fsp3) is 0.273. The van der Waals surface area contributed by atoms with Crippen molar-refractivity contribution in [1.82, 2.24) is 5.32 Å². The number of hydrogen-bond acceptors (Lipinski definition) is 4. The minimum absolute atomic E-state index is 0.235. The molecule has 0 atom stereocenters. The molecule has 19 heavy (non-hydrogen) atoms. The Labute approximate surface area is 109 Å². The molecule has 0 heterocycles. The first-order chi connectivity index (χ1) is 8.97. The Kier molecular flexibility index (Phi) is 5.27. The van der Waals surface area contributed by atoms with E-state index in [1.54, 1.807) is 24.3 Å².